The lowest BCUT2D eigenvalue weighted by atomic mass is 10.2. The summed E-state index contributed by atoms with van der Waals surface area (Å²) in [6.07, 6.45) is 8.75. The molecule has 3 rings (SSSR count). The van der Waals surface area contributed by atoms with Crippen LogP contribution in [-0.4, -0.2) is 28.0 Å². The minimum absolute atomic E-state index is 0.726. The quantitative estimate of drug-likeness (QED) is 0.939. The zero-order chi connectivity index (χ0) is 15.2. The van der Waals surface area contributed by atoms with Gasteiger partial charge in [-0.3, -0.25) is 4.98 Å². The van der Waals surface area contributed by atoms with Crippen molar-refractivity contribution < 1.29 is 0 Å². The molecule has 5 heteroatoms. The van der Waals surface area contributed by atoms with Crippen LogP contribution in [0.15, 0.2) is 30.6 Å². The molecule has 0 unspecified atom stereocenters. The number of nitrogens with zero attached hydrogens (tertiary/aromatic N) is 4. The first-order valence-corrected chi connectivity index (χ1v) is 8.05. The molecular formula is C17H23N5. The van der Waals surface area contributed by atoms with Crippen LogP contribution >= 0.6 is 0 Å². The summed E-state index contributed by atoms with van der Waals surface area (Å²) < 4.78 is 0. The highest BCUT2D eigenvalue weighted by molar-refractivity contribution is 5.44. The summed E-state index contributed by atoms with van der Waals surface area (Å²) in [4.78, 5) is 15.8. The van der Waals surface area contributed by atoms with E-state index in [0.717, 1.165) is 42.7 Å². The van der Waals surface area contributed by atoms with E-state index >= 15 is 0 Å². The second-order valence-electron chi connectivity index (χ2n) is 5.81. The summed E-state index contributed by atoms with van der Waals surface area (Å²) in [5.74, 6) is 1.74. The Hall–Kier alpha value is -2.17. The number of nitrogens with one attached hydrogen (secondary N) is 1. The van der Waals surface area contributed by atoms with Crippen molar-refractivity contribution in [1.82, 2.24) is 15.0 Å². The Morgan fingerprint density at radius 2 is 1.95 bits per heavy atom. The molecule has 0 atom stereocenters. The van der Waals surface area contributed by atoms with Crippen molar-refractivity contribution in [2.75, 3.05) is 23.3 Å². The summed E-state index contributed by atoms with van der Waals surface area (Å²) in [5, 5.41) is 3.38. The number of aromatic nitrogens is 3. The van der Waals surface area contributed by atoms with Crippen molar-refractivity contribution in [3.63, 3.8) is 0 Å². The fraction of sp³-hybridized carbons (Fsp3) is 0.471. The van der Waals surface area contributed by atoms with Gasteiger partial charge in [0.05, 0.1) is 0 Å². The average Bonchev–Trinajstić information content (AvgIpc) is 2.83. The topological polar surface area (TPSA) is 53.9 Å². The highest BCUT2D eigenvalue weighted by Gasteiger charge is 2.13. The third-order valence-electron chi connectivity index (χ3n) is 3.93. The van der Waals surface area contributed by atoms with Gasteiger partial charge in [-0.1, -0.05) is 18.9 Å². The maximum atomic E-state index is 4.70. The summed E-state index contributed by atoms with van der Waals surface area (Å²) in [5.41, 5.74) is 2.15. The van der Waals surface area contributed by atoms with Crippen LogP contribution in [0.2, 0.25) is 0 Å². The minimum Gasteiger partial charge on any atom is -0.366 e. The van der Waals surface area contributed by atoms with Crippen LogP contribution in [0.3, 0.4) is 0 Å². The van der Waals surface area contributed by atoms with E-state index in [0.29, 0.717) is 0 Å². The van der Waals surface area contributed by atoms with Crippen LogP contribution in [0, 0.1) is 6.92 Å². The Morgan fingerprint density at radius 3 is 2.68 bits per heavy atom. The SMILES string of the molecule is Cc1cc(NCc2cccnc2)nc(N2CCCCCC2)n1. The van der Waals surface area contributed by atoms with E-state index in [9.17, 15) is 0 Å². The van der Waals surface area contributed by atoms with Crippen LogP contribution in [0.25, 0.3) is 0 Å². The molecule has 1 aliphatic rings. The molecule has 5 nitrogen and oxygen atoms in total. The molecule has 3 heterocycles. The Bertz CT molecular complexity index is 591. The highest BCUT2D eigenvalue weighted by atomic mass is 15.3. The Labute approximate surface area is 131 Å². The molecule has 0 amide bonds. The lowest BCUT2D eigenvalue weighted by Gasteiger charge is -2.21. The summed E-state index contributed by atoms with van der Waals surface area (Å²) >= 11 is 0. The van der Waals surface area contributed by atoms with E-state index in [1.807, 2.05) is 25.3 Å². The highest BCUT2D eigenvalue weighted by Crippen LogP contribution is 2.18. The van der Waals surface area contributed by atoms with Gasteiger partial charge in [-0.25, -0.2) is 4.98 Å². The molecule has 2 aromatic rings. The van der Waals surface area contributed by atoms with Crippen LogP contribution in [-0.2, 0) is 6.54 Å². The molecule has 0 bridgehead atoms. The summed E-state index contributed by atoms with van der Waals surface area (Å²) in [7, 11) is 0. The van der Waals surface area contributed by atoms with Gasteiger partial charge >= 0.3 is 0 Å². The van der Waals surface area contributed by atoms with Gasteiger partial charge in [-0.15, -0.1) is 0 Å². The van der Waals surface area contributed by atoms with Gasteiger partial charge in [0.1, 0.15) is 5.82 Å². The molecule has 0 saturated carbocycles. The monoisotopic (exact) mass is 297 g/mol. The number of pyridine rings is 1. The van der Waals surface area contributed by atoms with E-state index in [-0.39, 0.29) is 0 Å². The molecule has 0 spiro atoms. The molecule has 2 aromatic heterocycles. The largest absolute Gasteiger partial charge is 0.366 e. The van der Waals surface area contributed by atoms with Crippen molar-refractivity contribution >= 4 is 11.8 Å². The fourth-order valence-electron chi connectivity index (χ4n) is 2.75. The lowest BCUT2D eigenvalue weighted by Crippen LogP contribution is -2.26. The number of anilines is 2. The van der Waals surface area contributed by atoms with E-state index in [4.69, 9.17) is 4.98 Å². The maximum absolute atomic E-state index is 4.70. The predicted molar refractivity (Wildman–Crippen MR) is 89.0 cm³/mol. The average molecular weight is 297 g/mol. The van der Waals surface area contributed by atoms with Gasteiger partial charge in [-0.05, 0) is 31.4 Å². The number of hydrogen-bond acceptors (Lipinski definition) is 5. The fourth-order valence-corrected chi connectivity index (χ4v) is 2.75. The third kappa shape index (κ3) is 3.93. The molecule has 1 N–H and O–H groups in total. The van der Waals surface area contributed by atoms with Gasteiger partial charge in [0.15, 0.2) is 0 Å². The van der Waals surface area contributed by atoms with Gasteiger partial charge in [0.25, 0.3) is 0 Å². The number of hydrogen-bond donors (Lipinski definition) is 1. The summed E-state index contributed by atoms with van der Waals surface area (Å²) in [6.45, 7) is 4.87. The van der Waals surface area contributed by atoms with E-state index in [1.165, 1.54) is 25.7 Å². The Morgan fingerprint density at radius 1 is 1.14 bits per heavy atom. The van der Waals surface area contributed by atoms with E-state index in [2.05, 4.69) is 26.3 Å². The van der Waals surface area contributed by atoms with Crippen molar-refractivity contribution in [2.24, 2.45) is 0 Å². The van der Waals surface area contributed by atoms with Crippen LogP contribution in [0.4, 0.5) is 11.8 Å². The molecule has 22 heavy (non-hydrogen) atoms. The maximum Gasteiger partial charge on any atom is 0.227 e. The standard InChI is InChI=1S/C17H23N5/c1-14-11-16(19-13-15-7-6-8-18-12-15)21-17(20-14)22-9-4-2-3-5-10-22/h6-8,11-12H,2-5,9-10,13H2,1H3,(H,19,20,21). The van der Waals surface area contributed by atoms with E-state index in [1.54, 1.807) is 6.20 Å². The molecular weight excluding hydrogens is 274 g/mol. The Kier molecular flexibility index (Phi) is 4.83. The van der Waals surface area contributed by atoms with Gasteiger partial charge in [0, 0.05) is 43.8 Å². The van der Waals surface area contributed by atoms with Crippen LogP contribution in [0.1, 0.15) is 36.9 Å². The molecule has 1 fully saturated rings. The third-order valence-corrected chi connectivity index (χ3v) is 3.93. The molecule has 0 aromatic carbocycles. The van der Waals surface area contributed by atoms with Gasteiger partial charge in [0.2, 0.25) is 5.95 Å². The summed E-state index contributed by atoms with van der Waals surface area (Å²) in [6, 6.07) is 6.01. The smallest absolute Gasteiger partial charge is 0.227 e. The van der Waals surface area contributed by atoms with E-state index < -0.39 is 0 Å². The van der Waals surface area contributed by atoms with Crippen molar-refractivity contribution in [2.45, 2.75) is 39.2 Å². The second-order valence-corrected chi connectivity index (χ2v) is 5.81. The first-order valence-electron chi connectivity index (χ1n) is 8.05. The van der Waals surface area contributed by atoms with Crippen LogP contribution in [0.5, 0.6) is 0 Å². The van der Waals surface area contributed by atoms with Gasteiger partial charge in [-0.2, -0.15) is 4.98 Å². The zero-order valence-corrected chi connectivity index (χ0v) is 13.1. The molecule has 0 radical (unpaired) electrons. The first kappa shape index (κ1) is 14.8. The molecule has 1 aliphatic heterocycles. The number of aryl methyl sites for hydroxylation is 1. The normalized spacial score (nSPS) is 15.4. The predicted octanol–water partition coefficient (Wildman–Crippen LogP) is 3.17. The molecule has 1 saturated heterocycles. The van der Waals surface area contributed by atoms with Crippen molar-refractivity contribution in [3.8, 4) is 0 Å². The minimum atomic E-state index is 0.726. The van der Waals surface area contributed by atoms with Crippen molar-refractivity contribution in [1.29, 1.82) is 0 Å². The Balaban J connectivity index is 1.71. The van der Waals surface area contributed by atoms with Gasteiger partial charge < -0.3 is 10.2 Å². The zero-order valence-electron chi connectivity index (χ0n) is 13.1. The van der Waals surface area contributed by atoms with Crippen molar-refractivity contribution in [3.05, 3.63) is 41.9 Å². The van der Waals surface area contributed by atoms with Crippen LogP contribution < -0.4 is 10.2 Å². The molecule has 0 aliphatic carbocycles. The second kappa shape index (κ2) is 7.20. The lowest BCUT2D eigenvalue weighted by molar-refractivity contribution is 0.726. The first-order chi connectivity index (χ1) is 10.8. The number of rotatable bonds is 4. The molecule has 116 valence electrons.